The lowest BCUT2D eigenvalue weighted by Gasteiger charge is -2.05. The molecule has 0 radical (unpaired) electrons. The minimum Gasteiger partial charge on any atom is -0.103 e. The molecular formula is C22H34. The number of rotatable bonds is 14. The maximum atomic E-state index is 3.77. The molecule has 0 aromatic heterocycles. The van der Waals surface area contributed by atoms with Gasteiger partial charge in [0.1, 0.15) is 0 Å². The number of hydrogen-bond donors (Lipinski definition) is 0. The Morgan fingerprint density at radius 1 is 0.545 bits per heavy atom. The lowest BCUT2D eigenvalue weighted by molar-refractivity contribution is 0.644. The summed E-state index contributed by atoms with van der Waals surface area (Å²) in [7, 11) is 0. The zero-order valence-corrected chi connectivity index (χ0v) is 14.4. The zero-order valence-electron chi connectivity index (χ0n) is 14.4. The van der Waals surface area contributed by atoms with Gasteiger partial charge in [-0.15, -0.1) is 13.2 Å². The number of allylic oxidation sites excluding steroid dienone is 2. The normalized spacial score (nSPS) is 10.5. The summed E-state index contributed by atoms with van der Waals surface area (Å²) in [4.78, 5) is 0. The van der Waals surface area contributed by atoms with Gasteiger partial charge in [-0.05, 0) is 62.5 Å². The van der Waals surface area contributed by atoms with E-state index in [1.54, 1.807) is 0 Å². The van der Waals surface area contributed by atoms with E-state index in [4.69, 9.17) is 0 Å². The van der Waals surface area contributed by atoms with Gasteiger partial charge in [-0.3, -0.25) is 0 Å². The van der Waals surface area contributed by atoms with Crippen molar-refractivity contribution in [3.8, 4) is 0 Å². The number of benzene rings is 1. The van der Waals surface area contributed by atoms with Gasteiger partial charge in [0.15, 0.2) is 0 Å². The lowest BCUT2D eigenvalue weighted by Crippen LogP contribution is -1.89. The van der Waals surface area contributed by atoms with Gasteiger partial charge in [0, 0.05) is 0 Å². The van der Waals surface area contributed by atoms with Gasteiger partial charge < -0.3 is 0 Å². The molecule has 0 heteroatoms. The van der Waals surface area contributed by atoms with E-state index in [0.717, 1.165) is 0 Å². The van der Waals surface area contributed by atoms with Crippen LogP contribution in [0, 0.1) is 0 Å². The molecule has 0 aliphatic carbocycles. The van der Waals surface area contributed by atoms with Gasteiger partial charge in [-0.2, -0.15) is 0 Å². The highest BCUT2D eigenvalue weighted by Crippen LogP contribution is 2.13. The first-order valence-corrected chi connectivity index (χ1v) is 9.16. The van der Waals surface area contributed by atoms with E-state index >= 15 is 0 Å². The van der Waals surface area contributed by atoms with Gasteiger partial charge in [0.2, 0.25) is 0 Å². The molecular weight excluding hydrogens is 264 g/mol. The molecule has 0 fully saturated rings. The summed E-state index contributed by atoms with van der Waals surface area (Å²) in [6, 6.07) is 9.32. The molecule has 1 aromatic rings. The van der Waals surface area contributed by atoms with Crippen molar-refractivity contribution in [3.05, 3.63) is 60.7 Å². The second-order valence-corrected chi connectivity index (χ2v) is 6.30. The van der Waals surface area contributed by atoms with Crippen LogP contribution in [0.2, 0.25) is 0 Å². The molecule has 0 heterocycles. The molecule has 122 valence electrons. The predicted molar refractivity (Wildman–Crippen MR) is 100 cm³/mol. The van der Waals surface area contributed by atoms with Crippen LogP contribution in [0.15, 0.2) is 49.6 Å². The van der Waals surface area contributed by atoms with E-state index in [9.17, 15) is 0 Å². The second-order valence-electron chi connectivity index (χ2n) is 6.30. The molecule has 22 heavy (non-hydrogen) atoms. The first-order chi connectivity index (χ1) is 10.9. The molecule has 0 aliphatic rings. The fourth-order valence-electron chi connectivity index (χ4n) is 2.82. The quantitative estimate of drug-likeness (QED) is 0.255. The molecule has 0 spiro atoms. The van der Waals surface area contributed by atoms with Crippen molar-refractivity contribution < 1.29 is 0 Å². The summed E-state index contributed by atoms with van der Waals surface area (Å²) >= 11 is 0. The lowest BCUT2D eigenvalue weighted by atomic mass is 10.0. The Morgan fingerprint density at radius 3 is 1.27 bits per heavy atom. The fourth-order valence-corrected chi connectivity index (χ4v) is 2.82. The molecule has 0 nitrogen and oxygen atoms in total. The Balaban J connectivity index is 2.09. The van der Waals surface area contributed by atoms with Crippen LogP contribution in [0.4, 0.5) is 0 Å². The summed E-state index contributed by atoms with van der Waals surface area (Å²) < 4.78 is 0. The maximum absolute atomic E-state index is 3.77. The number of unbranched alkanes of at least 4 members (excludes halogenated alkanes) is 8. The van der Waals surface area contributed by atoms with Crippen LogP contribution < -0.4 is 0 Å². The summed E-state index contributed by atoms with van der Waals surface area (Å²) in [5.74, 6) is 0. The Labute approximate surface area is 138 Å². The molecule has 1 aromatic carbocycles. The van der Waals surface area contributed by atoms with Gasteiger partial charge in [-0.1, -0.05) is 62.1 Å². The Hall–Kier alpha value is -1.30. The van der Waals surface area contributed by atoms with Crippen molar-refractivity contribution in [3.63, 3.8) is 0 Å². The summed E-state index contributed by atoms with van der Waals surface area (Å²) in [6.45, 7) is 7.54. The average Bonchev–Trinajstić information content (AvgIpc) is 2.55. The largest absolute Gasteiger partial charge is 0.103 e. The molecule has 0 N–H and O–H groups in total. The van der Waals surface area contributed by atoms with E-state index in [-0.39, 0.29) is 0 Å². The standard InChI is InChI=1S/C22H34/c1-3-5-7-9-11-13-15-21-17-19-22(20-18-21)16-14-12-10-8-6-4-2/h3-4,17-20H,1-2,5-16H2. The third-order valence-corrected chi connectivity index (χ3v) is 4.27. The Bertz CT molecular complexity index is 346. The maximum Gasteiger partial charge on any atom is -0.0279 e. The third kappa shape index (κ3) is 9.60. The summed E-state index contributed by atoms with van der Waals surface area (Å²) in [5, 5.41) is 0. The third-order valence-electron chi connectivity index (χ3n) is 4.27. The fraction of sp³-hybridized carbons (Fsp3) is 0.545. The molecule has 0 saturated heterocycles. The molecule has 0 amide bonds. The molecule has 0 unspecified atom stereocenters. The van der Waals surface area contributed by atoms with Crippen molar-refractivity contribution in [2.45, 2.75) is 77.0 Å². The molecule has 1 rings (SSSR count). The second kappa shape index (κ2) is 13.4. The first kappa shape index (κ1) is 18.7. The van der Waals surface area contributed by atoms with E-state index in [0.29, 0.717) is 0 Å². The average molecular weight is 299 g/mol. The van der Waals surface area contributed by atoms with Gasteiger partial charge in [0.25, 0.3) is 0 Å². The smallest absolute Gasteiger partial charge is 0.0279 e. The van der Waals surface area contributed by atoms with Crippen molar-refractivity contribution in [1.29, 1.82) is 0 Å². The van der Waals surface area contributed by atoms with Crippen LogP contribution >= 0.6 is 0 Å². The summed E-state index contributed by atoms with van der Waals surface area (Å²) in [6.07, 6.45) is 19.5. The highest BCUT2D eigenvalue weighted by atomic mass is 14.0. The molecule has 0 aliphatic heterocycles. The van der Waals surface area contributed by atoms with Crippen molar-refractivity contribution in [1.82, 2.24) is 0 Å². The van der Waals surface area contributed by atoms with Crippen molar-refractivity contribution in [2.24, 2.45) is 0 Å². The first-order valence-electron chi connectivity index (χ1n) is 9.16. The van der Waals surface area contributed by atoms with Crippen LogP contribution in [0.5, 0.6) is 0 Å². The van der Waals surface area contributed by atoms with Crippen molar-refractivity contribution in [2.75, 3.05) is 0 Å². The van der Waals surface area contributed by atoms with E-state index in [1.165, 1.54) is 88.2 Å². The summed E-state index contributed by atoms with van der Waals surface area (Å²) in [5.41, 5.74) is 3.00. The van der Waals surface area contributed by atoms with E-state index in [2.05, 4.69) is 37.4 Å². The van der Waals surface area contributed by atoms with Gasteiger partial charge in [-0.25, -0.2) is 0 Å². The van der Waals surface area contributed by atoms with Crippen LogP contribution in [0.1, 0.15) is 75.3 Å². The van der Waals surface area contributed by atoms with Crippen LogP contribution in [-0.2, 0) is 12.8 Å². The molecule has 0 bridgehead atoms. The highest BCUT2D eigenvalue weighted by Gasteiger charge is 1.97. The SMILES string of the molecule is C=CCCCCCCc1ccc(CCCCCCC=C)cc1. The van der Waals surface area contributed by atoms with Gasteiger partial charge >= 0.3 is 0 Å². The van der Waals surface area contributed by atoms with Gasteiger partial charge in [0.05, 0.1) is 0 Å². The molecule has 0 saturated carbocycles. The van der Waals surface area contributed by atoms with Crippen LogP contribution in [0.25, 0.3) is 0 Å². The number of aryl methyl sites for hydroxylation is 2. The minimum atomic E-state index is 1.17. The Kier molecular flexibility index (Phi) is 11.4. The molecule has 0 atom stereocenters. The number of hydrogen-bond acceptors (Lipinski definition) is 0. The van der Waals surface area contributed by atoms with Crippen LogP contribution in [-0.4, -0.2) is 0 Å². The Morgan fingerprint density at radius 2 is 0.909 bits per heavy atom. The predicted octanol–water partition coefficient (Wildman–Crippen LogP) is 7.04. The monoisotopic (exact) mass is 298 g/mol. The zero-order chi connectivity index (χ0) is 15.9. The van der Waals surface area contributed by atoms with Crippen molar-refractivity contribution >= 4 is 0 Å². The van der Waals surface area contributed by atoms with E-state index < -0.39 is 0 Å². The topological polar surface area (TPSA) is 0 Å². The minimum absolute atomic E-state index is 1.17. The van der Waals surface area contributed by atoms with E-state index in [1.807, 2.05) is 12.2 Å². The van der Waals surface area contributed by atoms with Crippen LogP contribution in [0.3, 0.4) is 0 Å². The highest BCUT2D eigenvalue weighted by molar-refractivity contribution is 5.22.